The summed E-state index contributed by atoms with van der Waals surface area (Å²) in [5, 5.41) is 24.8. The van der Waals surface area contributed by atoms with Crippen LogP contribution in [0.4, 0.5) is 0 Å². The van der Waals surface area contributed by atoms with Gasteiger partial charge in [0.1, 0.15) is 0 Å². The smallest absolute Gasteiger partial charge is 0.0974 e. The molecule has 3 N–H and O–H groups in total. The van der Waals surface area contributed by atoms with Crippen LogP contribution in [0, 0.1) is 0 Å². The van der Waals surface area contributed by atoms with Gasteiger partial charge in [0.15, 0.2) is 0 Å². The molecule has 6 nitrogen and oxygen atoms in total. The number of hydrogen-bond acceptors (Lipinski definition) is 6. The molecule has 0 aromatic carbocycles. The van der Waals surface area contributed by atoms with E-state index in [4.69, 9.17) is 15.3 Å². The highest BCUT2D eigenvalue weighted by atomic mass is 16.3. The molecule has 114 valence electrons. The number of aliphatic hydroxyl groups is 3. The van der Waals surface area contributed by atoms with Crippen LogP contribution in [0.1, 0.15) is 20.8 Å². The minimum absolute atomic E-state index is 0.0625. The molecule has 0 aliphatic rings. The van der Waals surface area contributed by atoms with Gasteiger partial charge in [0.2, 0.25) is 0 Å². The fourth-order valence-electron chi connectivity index (χ4n) is 0.345. The average molecular weight is 267 g/mol. The maximum absolute atomic E-state index is 8.29. The summed E-state index contributed by atoms with van der Waals surface area (Å²) in [5.74, 6) is 0. The highest BCUT2D eigenvalue weighted by molar-refractivity contribution is 4.34. The number of aliphatic hydroxyl groups excluding tert-OH is 3. The van der Waals surface area contributed by atoms with Gasteiger partial charge in [-0.2, -0.15) is 0 Å². The third-order valence-electron chi connectivity index (χ3n) is 2.26. The molecule has 0 fully saturated rings. The normalized spacial score (nSPS) is 10.0. The summed E-state index contributed by atoms with van der Waals surface area (Å²) in [6, 6.07) is 0. The van der Waals surface area contributed by atoms with Gasteiger partial charge in [-0.15, -0.1) is 0 Å². The molecule has 0 radical (unpaired) electrons. The lowest BCUT2D eigenvalue weighted by molar-refractivity contribution is 0.0340. The van der Waals surface area contributed by atoms with Crippen molar-refractivity contribution in [3.05, 3.63) is 0 Å². The molecule has 18 heavy (non-hydrogen) atoms. The number of rotatable bonds is 6. The summed E-state index contributed by atoms with van der Waals surface area (Å²) in [4.78, 5) is 5.42. The monoisotopic (exact) mass is 267 g/mol. The van der Waals surface area contributed by atoms with Gasteiger partial charge in [-0.25, -0.2) is 0 Å². The molecular formula is C12H33N3O3. The van der Waals surface area contributed by atoms with E-state index in [1.807, 2.05) is 20.9 Å². The van der Waals surface area contributed by atoms with Gasteiger partial charge in [0, 0.05) is 0 Å². The van der Waals surface area contributed by atoms with Gasteiger partial charge in [0.05, 0.1) is 20.2 Å². The standard InChI is InChI=1S/C4H11NO2.C4H11NO.C4H11N/c1-2-5(3-6)4-7;1-3-5(2)4-6;1-4-5(2)3/h6-7H,2-4H2,1H3;6H,3-4H2,1-2H3;4H2,1-3H3. The third-order valence-corrected chi connectivity index (χ3v) is 2.26. The van der Waals surface area contributed by atoms with Gasteiger partial charge in [0.25, 0.3) is 0 Å². The minimum Gasteiger partial charge on any atom is -0.381 e. The number of hydrogen-bond donors (Lipinski definition) is 3. The zero-order valence-corrected chi connectivity index (χ0v) is 12.9. The Labute approximate surface area is 112 Å². The summed E-state index contributed by atoms with van der Waals surface area (Å²) in [7, 11) is 5.97. The summed E-state index contributed by atoms with van der Waals surface area (Å²) in [6.07, 6.45) is 0. The van der Waals surface area contributed by atoms with Crippen LogP contribution >= 0.6 is 0 Å². The first kappa shape index (κ1) is 22.9. The van der Waals surface area contributed by atoms with Crippen LogP contribution in [0.15, 0.2) is 0 Å². The SMILES string of the molecule is CCN(C)C.CCN(C)CO.CCN(CO)CO. The fraction of sp³-hybridized carbons (Fsp3) is 1.00. The quantitative estimate of drug-likeness (QED) is 0.572. The van der Waals surface area contributed by atoms with E-state index in [1.54, 1.807) is 4.90 Å². The second kappa shape index (κ2) is 19.1. The zero-order chi connectivity index (χ0) is 15.0. The number of nitrogens with zero attached hydrogens (tertiary/aromatic N) is 3. The van der Waals surface area contributed by atoms with E-state index >= 15 is 0 Å². The predicted octanol–water partition coefficient (Wildman–Crippen LogP) is -0.336. The van der Waals surface area contributed by atoms with Crippen LogP contribution in [0.25, 0.3) is 0 Å². The molecule has 0 atom stereocenters. The Morgan fingerprint density at radius 3 is 1.06 bits per heavy atom. The van der Waals surface area contributed by atoms with Crippen molar-refractivity contribution >= 4 is 0 Å². The van der Waals surface area contributed by atoms with Crippen molar-refractivity contribution < 1.29 is 15.3 Å². The van der Waals surface area contributed by atoms with Gasteiger partial charge < -0.3 is 20.2 Å². The van der Waals surface area contributed by atoms with Crippen molar-refractivity contribution in [2.45, 2.75) is 20.8 Å². The van der Waals surface area contributed by atoms with Gasteiger partial charge in [-0.3, -0.25) is 9.80 Å². The highest BCUT2D eigenvalue weighted by Gasteiger charge is 1.91. The Hall–Kier alpha value is -0.240. The summed E-state index contributed by atoms with van der Waals surface area (Å²) in [6.45, 7) is 8.77. The van der Waals surface area contributed by atoms with E-state index in [2.05, 4.69) is 25.9 Å². The first-order chi connectivity index (χ1) is 8.42. The summed E-state index contributed by atoms with van der Waals surface area (Å²) in [5.41, 5.74) is 0. The van der Waals surface area contributed by atoms with Crippen LogP contribution in [0.3, 0.4) is 0 Å². The molecule has 6 heteroatoms. The lowest BCUT2D eigenvalue weighted by Crippen LogP contribution is -2.24. The lowest BCUT2D eigenvalue weighted by Gasteiger charge is -2.11. The maximum atomic E-state index is 8.29. The van der Waals surface area contributed by atoms with Crippen LogP contribution in [0.2, 0.25) is 0 Å². The van der Waals surface area contributed by atoms with E-state index in [-0.39, 0.29) is 20.2 Å². The summed E-state index contributed by atoms with van der Waals surface area (Å²) < 4.78 is 0. The first-order valence-corrected chi connectivity index (χ1v) is 6.31. The van der Waals surface area contributed by atoms with Crippen LogP contribution in [0.5, 0.6) is 0 Å². The molecular weight excluding hydrogens is 234 g/mol. The van der Waals surface area contributed by atoms with Crippen molar-refractivity contribution in [2.75, 3.05) is 61.0 Å². The van der Waals surface area contributed by atoms with Gasteiger partial charge in [-0.05, 0) is 40.8 Å². The van der Waals surface area contributed by atoms with E-state index in [1.165, 1.54) is 4.90 Å². The second-order valence-corrected chi connectivity index (χ2v) is 3.98. The first-order valence-electron chi connectivity index (χ1n) is 6.31. The lowest BCUT2D eigenvalue weighted by atomic mass is 10.7. The Bertz CT molecular complexity index is 124. The van der Waals surface area contributed by atoms with Crippen LogP contribution in [-0.4, -0.2) is 91.0 Å². The molecule has 0 heterocycles. The Balaban J connectivity index is -0.000000190. The second-order valence-electron chi connectivity index (χ2n) is 3.98. The molecule has 0 bridgehead atoms. The van der Waals surface area contributed by atoms with Crippen LogP contribution < -0.4 is 0 Å². The van der Waals surface area contributed by atoms with Crippen molar-refractivity contribution in [1.82, 2.24) is 14.7 Å². The highest BCUT2D eigenvalue weighted by Crippen LogP contribution is 1.77. The molecule has 0 amide bonds. The molecule has 0 aromatic heterocycles. The van der Waals surface area contributed by atoms with Crippen LogP contribution in [-0.2, 0) is 0 Å². The molecule has 0 saturated heterocycles. The van der Waals surface area contributed by atoms with Crippen molar-refractivity contribution in [3.63, 3.8) is 0 Å². The Kier molecular flexibility index (Phi) is 24.3. The van der Waals surface area contributed by atoms with Crippen molar-refractivity contribution in [1.29, 1.82) is 0 Å². The Morgan fingerprint density at radius 2 is 1.06 bits per heavy atom. The molecule has 0 unspecified atom stereocenters. The zero-order valence-electron chi connectivity index (χ0n) is 12.9. The maximum Gasteiger partial charge on any atom is 0.0974 e. The molecule has 0 aliphatic heterocycles. The van der Waals surface area contributed by atoms with Gasteiger partial charge >= 0.3 is 0 Å². The van der Waals surface area contributed by atoms with Crippen molar-refractivity contribution in [2.24, 2.45) is 0 Å². The average Bonchev–Trinajstić information content (AvgIpc) is 2.41. The third kappa shape index (κ3) is 24.8. The molecule has 0 rings (SSSR count). The molecule has 0 saturated carbocycles. The Morgan fingerprint density at radius 1 is 0.667 bits per heavy atom. The fourth-order valence-corrected chi connectivity index (χ4v) is 0.345. The largest absolute Gasteiger partial charge is 0.381 e. The topological polar surface area (TPSA) is 70.4 Å². The van der Waals surface area contributed by atoms with E-state index < -0.39 is 0 Å². The molecule has 0 aromatic rings. The predicted molar refractivity (Wildman–Crippen MR) is 76.2 cm³/mol. The van der Waals surface area contributed by atoms with E-state index in [9.17, 15) is 0 Å². The van der Waals surface area contributed by atoms with Crippen molar-refractivity contribution in [3.8, 4) is 0 Å². The summed E-state index contributed by atoms with van der Waals surface area (Å²) >= 11 is 0. The minimum atomic E-state index is -0.0625. The molecule has 0 spiro atoms. The van der Waals surface area contributed by atoms with Gasteiger partial charge in [-0.1, -0.05) is 20.8 Å². The molecule has 0 aliphatic carbocycles. The van der Waals surface area contributed by atoms with E-state index in [0.29, 0.717) is 6.54 Å². The van der Waals surface area contributed by atoms with E-state index in [0.717, 1.165) is 13.1 Å².